The van der Waals surface area contributed by atoms with Crippen LogP contribution in [0.5, 0.6) is 0 Å². The molecule has 126 valence electrons. The summed E-state index contributed by atoms with van der Waals surface area (Å²) in [6.07, 6.45) is 2.69. The summed E-state index contributed by atoms with van der Waals surface area (Å²) in [5.74, 6) is 0.672. The molecule has 1 fully saturated rings. The van der Waals surface area contributed by atoms with Crippen LogP contribution in [0, 0.1) is 5.41 Å². The van der Waals surface area contributed by atoms with Gasteiger partial charge in [-0.2, -0.15) is 0 Å². The number of hydrogen-bond acceptors (Lipinski definition) is 4. The minimum absolute atomic E-state index is 0.0223. The van der Waals surface area contributed by atoms with Crippen molar-refractivity contribution in [3.8, 4) is 0 Å². The maximum atomic E-state index is 12.3. The Morgan fingerprint density at radius 1 is 1.43 bits per heavy atom. The first kappa shape index (κ1) is 18.0. The van der Waals surface area contributed by atoms with Crippen LogP contribution in [0.25, 0.3) is 0 Å². The van der Waals surface area contributed by atoms with E-state index in [-0.39, 0.29) is 11.3 Å². The van der Waals surface area contributed by atoms with Gasteiger partial charge in [0.15, 0.2) is 7.28 Å². The van der Waals surface area contributed by atoms with E-state index >= 15 is 0 Å². The first-order valence-corrected chi connectivity index (χ1v) is 8.55. The second-order valence-electron chi connectivity index (χ2n) is 6.77. The molecule has 0 atom stereocenters. The molecular weight excluding hydrogens is 289 g/mol. The summed E-state index contributed by atoms with van der Waals surface area (Å²) in [4.78, 5) is 19.1. The lowest BCUT2D eigenvalue weighted by Gasteiger charge is -2.27. The van der Waals surface area contributed by atoms with Crippen LogP contribution in [0.4, 0.5) is 5.82 Å². The average molecular weight is 317 g/mol. The van der Waals surface area contributed by atoms with Crippen LogP contribution in [0.3, 0.4) is 0 Å². The van der Waals surface area contributed by atoms with Crippen LogP contribution < -0.4 is 10.8 Å². The number of rotatable bonds is 6. The fourth-order valence-electron chi connectivity index (χ4n) is 2.51. The van der Waals surface area contributed by atoms with Crippen molar-refractivity contribution in [3.63, 3.8) is 0 Å². The number of amides is 1. The van der Waals surface area contributed by atoms with Crippen molar-refractivity contribution in [1.29, 1.82) is 0 Å². The van der Waals surface area contributed by atoms with Crippen molar-refractivity contribution in [2.75, 3.05) is 31.6 Å². The maximum absolute atomic E-state index is 12.3. The fourth-order valence-corrected chi connectivity index (χ4v) is 2.51. The van der Waals surface area contributed by atoms with E-state index in [0.717, 1.165) is 46.5 Å². The van der Waals surface area contributed by atoms with Gasteiger partial charge < -0.3 is 10.1 Å². The zero-order chi connectivity index (χ0) is 16.9. The normalized spacial score (nSPS) is 16.2. The molecule has 1 aliphatic rings. The highest BCUT2D eigenvalue weighted by atomic mass is 16.5. The molecule has 1 saturated heterocycles. The lowest BCUT2D eigenvalue weighted by molar-refractivity contribution is -0.124. The number of hydrogen-bond donors (Lipinski definition) is 1. The zero-order valence-corrected chi connectivity index (χ0v) is 14.8. The molecule has 1 aromatic heterocycles. The molecule has 5 nitrogen and oxygen atoms in total. The predicted molar refractivity (Wildman–Crippen MR) is 95.7 cm³/mol. The number of morpholine rings is 1. The number of nitrogens with zero attached hydrogens (tertiary/aromatic N) is 2. The summed E-state index contributed by atoms with van der Waals surface area (Å²) in [5, 5.41) is 2.97. The van der Waals surface area contributed by atoms with Crippen molar-refractivity contribution >= 4 is 24.5 Å². The van der Waals surface area contributed by atoms with Gasteiger partial charge >= 0.3 is 0 Å². The van der Waals surface area contributed by atoms with Gasteiger partial charge in [-0.15, -0.1) is 0 Å². The van der Waals surface area contributed by atoms with Crippen molar-refractivity contribution in [1.82, 2.24) is 9.88 Å². The SMILES string of the molecule is CBc1cnc(NC(=O)C(C)(C)CC)cc1CN1CCOCC1. The lowest BCUT2D eigenvalue weighted by atomic mass is 9.72. The molecule has 0 radical (unpaired) electrons. The topological polar surface area (TPSA) is 54.5 Å². The van der Waals surface area contributed by atoms with Crippen molar-refractivity contribution in [2.45, 2.75) is 40.6 Å². The zero-order valence-electron chi connectivity index (χ0n) is 14.8. The Hall–Kier alpha value is -1.40. The van der Waals surface area contributed by atoms with Crippen molar-refractivity contribution < 1.29 is 9.53 Å². The molecule has 23 heavy (non-hydrogen) atoms. The first-order chi connectivity index (χ1) is 11.0. The Morgan fingerprint density at radius 3 is 2.74 bits per heavy atom. The summed E-state index contributed by atoms with van der Waals surface area (Å²) in [7, 11) is 0.946. The van der Waals surface area contributed by atoms with Gasteiger partial charge in [-0.05, 0) is 18.1 Å². The van der Waals surface area contributed by atoms with Gasteiger partial charge in [0.25, 0.3) is 0 Å². The van der Waals surface area contributed by atoms with Crippen LogP contribution in [0.1, 0.15) is 32.8 Å². The summed E-state index contributed by atoms with van der Waals surface area (Å²) in [5.41, 5.74) is 2.11. The largest absolute Gasteiger partial charge is 0.379 e. The monoisotopic (exact) mass is 317 g/mol. The summed E-state index contributed by atoms with van der Waals surface area (Å²) in [6.45, 7) is 12.5. The Bertz CT molecular complexity index is 543. The highest BCUT2D eigenvalue weighted by Crippen LogP contribution is 2.22. The molecular formula is C17H28BN3O2. The van der Waals surface area contributed by atoms with Gasteiger partial charge in [-0.3, -0.25) is 9.69 Å². The number of nitrogens with one attached hydrogen (secondary N) is 1. The van der Waals surface area contributed by atoms with Crippen LogP contribution in [0.15, 0.2) is 12.3 Å². The van der Waals surface area contributed by atoms with Crippen LogP contribution in [-0.2, 0) is 16.1 Å². The van der Waals surface area contributed by atoms with Gasteiger partial charge in [0.05, 0.1) is 13.2 Å². The predicted octanol–water partition coefficient (Wildman–Crippen LogP) is 1.40. The smallest absolute Gasteiger partial charge is 0.231 e. The van der Waals surface area contributed by atoms with Crippen LogP contribution in [-0.4, -0.2) is 49.4 Å². The highest BCUT2D eigenvalue weighted by molar-refractivity contribution is 6.52. The van der Waals surface area contributed by atoms with E-state index in [1.54, 1.807) is 0 Å². The molecule has 1 amide bonds. The van der Waals surface area contributed by atoms with E-state index in [1.165, 1.54) is 11.0 Å². The number of aromatic nitrogens is 1. The van der Waals surface area contributed by atoms with Crippen LogP contribution >= 0.6 is 0 Å². The fraction of sp³-hybridized carbons (Fsp3) is 0.647. The van der Waals surface area contributed by atoms with E-state index in [4.69, 9.17) is 4.74 Å². The van der Waals surface area contributed by atoms with E-state index in [0.29, 0.717) is 5.82 Å². The molecule has 1 aromatic rings. The molecule has 1 N–H and O–H groups in total. The van der Waals surface area contributed by atoms with E-state index < -0.39 is 0 Å². The molecule has 6 heteroatoms. The standard InChI is InChI=1S/C17H28BN3O2/c1-5-17(2,3)16(22)20-15-10-13(14(18-4)11-19-15)12-21-6-8-23-9-7-21/h10-11,18H,5-9,12H2,1-4H3,(H,19,20,22). The second kappa shape index (κ2) is 7.93. The molecule has 0 bridgehead atoms. The first-order valence-electron chi connectivity index (χ1n) is 8.55. The Labute approximate surface area is 140 Å². The molecule has 0 saturated carbocycles. The number of pyridine rings is 1. The third-order valence-corrected chi connectivity index (χ3v) is 4.70. The van der Waals surface area contributed by atoms with Gasteiger partial charge in [0.2, 0.25) is 5.91 Å². The second-order valence-corrected chi connectivity index (χ2v) is 6.77. The van der Waals surface area contributed by atoms with Gasteiger partial charge in [-0.25, -0.2) is 4.98 Å². The molecule has 0 spiro atoms. The summed E-state index contributed by atoms with van der Waals surface area (Å²) in [6, 6.07) is 2.03. The van der Waals surface area contributed by atoms with E-state index in [2.05, 4.69) is 22.0 Å². The van der Waals surface area contributed by atoms with Gasteiger partial charge in [-0.1, -0.05) is 33.1 Å². The highest BCUT2D eigenvalue weighted by Gasteiger charge is 2.25. The minimum Gasteiger partial charge on any atom is -0.379 e. The third-order valence-electron chi connectivity index (χ3n) is 4.70. The van der Waals surface area contributed by atoms with E-state index in [1.807, 2.05) is 33.0 Å². The van der Waals surface area contributed by atoms with Crippen molar-refractivity contribution in [2.24, 2.45) is 5.41 Å². The number of carbonyl (C=O) groups excluding carboxylic acids is 1. The number of ether oxygens (including phenoxy) is 1. The van der Waals surface area contributed by atoms with E-state index in [9.17, 15) is 4.79 Å². The minimum atomic E-state index is -0.379. The number of anilines is 1. The molecule has 2 rings (SSSR count). The number of carbonyl (C=O) groups is 1. The molecule has 0 aliphatic carbocycles. The quantitative estimate of drug-likeness (QED) is 0.806. The average Bonchev–Trinajstić information content (AvgIpc) is 2.56. The Morgan fingerprint density at radius 2 is 2.13 bits per heavy atom. The summed E-state index contributed by atoms with van der Waals surface area (Å²) >= 11 is 0. The molecule has 1 aliphatic heterocycles. The summed E-state index contributed by atoms with van der Waals surface area (Å²) < 4.78 is 5.41. The Balaban J connectivity index is 2.12. The van der Waals surface area contributed by atoms with Crippen LogP contribution in [0.2, 0.25) is 6.82 Å². The lowest BCUT2D eigenvalue weighted by Crippen LogP contribution is -2.37. The third kappa shape index (κ3) is 4.79. The maximum Gasteiger partial charge on any atom is 0.231 e. The van der Waals surface area contributed by atoms with Crippen molar-refractivity contribution in [3.05, 3.63) is 17.8 Å². The molecule has 0 unspecified atom stereocenters. The Kier molecular flexibility index (Phi) is 6.19. The van der Waals surface area contributed by atoms with Gasteiger partial charge in [0.1, 0.15) is 5.82 Å². The molecule has 2 heterocycles. The van der Waals surface area contributed by atoms with Gasteiger partial charge in [0, 0.05) is 31.2 Å². The molecule has 0 aromatic carbocycles.